The number of halogens is 4. The number of likely N-dealkylation sites (tertiary alicyclic amines) is 1. The molecule has 6 nitrogen and oxygen atoms in total. The van der Waals surface area contributed by atoms with Crippen molar-refractivity contribution in [3.05, 3.63) is 68.1 Å². The molecule has 2 aromatic rings. The van der Waals surface area contributed by atoms with Gasteiger partial charge in [-0.2, -0.15) is 0 Å². The van der Waals surface area contributed by atoms with Gasteiger partial charge in [-0.05, 0) is 127 Å². The summed E-state index contributed by atoms with van der Waals surface area (Å²) in [5.41, 5.74) is 0.316. The molecule has 2 fully saturated rings. The van der Waals surface area contributed by atoms with Gasteiger partial charge in [0.15, 0.2) is 0 Å². The number of rotatable bonds is 4. The summed E-state index contributed by atoms with van der Waals surface area (Å²) < 4.78 is 45.1. The smallest absolute Gasteiger partial charge is 0.410 e. The van der Waals surface area contributed by atoms with Crippen molar-refractivity contribution in [3.8, 4) is 0 Å². The van der Waals surface area contributed by atoms with Crippen molar-refractivity contribution in [1.29, 1.82) is 0 Å². The first-order valence-corrected chi connectivity index (χ1v) is 14.6. The standard InChI is InChI=1S/C17H23BrFNO3.C12H15BrFNO/c1-16(2,3)23-15(21)20-9-7-17(22-4,8-10-20)12-5-6-13(18)14(19)11-12;1-16-12(4-6-15-7-5-12)9-2-3-10(13)11(14)8-9/h5-6,11H,7-10H2,1-4H3;2-3,8,15H,4-7H2,1H3. The van der Waals surface area contributed by atoms with Gasteiger partial charge >= 0.3 is 6.09 Å². The molecule has 0 bridgehead atoms. The van der Waals surface area contributed by atoms with E-state index in [2.05, 4.69) is 37.2 Å². The number of ether oxygens (including phenoxy) is 3. The third-order valence-corrected chi connectivity index (χ3v) is 8.59. The Bertz CT molecular complexity index is 1130. The molecule has 2 aromatic carbocycles. The lowest BCUT2D eigenvalue weighted by Crippen LogP contribution is -2.47. The third kappa shape index (κ3) is 8.00. The molecular weight excluding hydrogens is 638 g/mol. The second-order valence-electron chi connectivity index (χ2n) is 10.9. The Hall–Kier alpha value is -1.59. The molecule has 2 saturated heterocycles. The molecule has 0 spiro atoms. The number of hydrogen-bond acceptors (Lipinski definition) is 5. The van der Waals surface area contributed by atoms with Crippen LogP contribution in [0.4, 0.5) is 13.6 Å². The number of benzene rings is 2. The normalized spacial score (nSPS) is 18.6. The van der Waals surface area contributed by atoms with Crippen molar-refractivity contribution in [2.24, 2.45) is 0 Å². The van der Waals surface area contributed by atoms with Crippen LogP contribution in [0.5, 0.6) is 0 Å². The SMILES string of the molecule is COC1(c2ccc(Br)c(F)c2)CCN(C(=O)OC(C)(C)C)CC1.COC1(c2ccc(Br)c(F)c2)CCNCC1. The summed E-state index contributed by atoms with van der Waals surface area (Å²) in [5, 5.41) is 3.29. The van der Waals surface area contributed by atoms with E-state index in [1.165, 1.54) is 6.07 Å². The highest BCUT2D eigenvalue weighted by Gasteiger charge is 2.39. The van der Waals surface area contributed by atoms with Crippen LogP contribution in [0.2, 0.25) is 0 Å². The first-order valence-electron chi connectivity index (χ1n) is 13.0. The summed E-state index contributed by atoms with van der Waals surface area (Å²) in [5.74, 6) is -0.541. The van der Waals surface area contributed by atoms with Gasteiger partial charge < -0.3 is 24.4 Å². The molecular formula is C29H38Br2F2N2O4. The zero-order chi connectivity index (χ0) is 28.8. The number of nitrogens with one attached hydrogen (secondary N) is 1. The Labute approximate surface area is 247 Å². The van der Waals surface area contributed by atoms with Crippen LogP contribution in [0, 0.1) is 11.6 Å². The summed E-state index contributed by atoms with van der Waals surface area (Å²) >= 11 is 6.33. The van der Waals surface area contributed by atoms with Crippen molar-refractivity contribution in [1.82, 2.24) is 10.2 Å². The quantitative estimate of drug-likeness (QED) is 0.369. The lowest BCUT2D eigenvalue weighted by molar-refractivity contribution is -0.0652. The Morgan fingerprint density at radius 1 is 0.846 bits per heavy atom. The van der Waals surface area contributed by atoms with E-state index in [0.717, 1.165) is 37.1 Å². The molecule has 0 aromatic heterocycles. The summed E-state index contributed by atoms with van der Waals surface area (Å²) in [6.07, 6.45) is 2.65. The van der Waals surface area contributed by atoms with E-state index in [4.69, 9.17) is 14.2 Å². The average molecular weight is 676 g/mol. The molecule has 0 radical (unpaired) electrons. The van der Waals surface area contributed by atoms with E-state index in [9.17, 15) is 13.6 Å². The third-order valence-electron chi connectivity index (χ3n) is 7.31. The van der Waals surface area contributed by atoms with Gasteiger partial charge in [0.1, 0.15) is 17.2 Å². The van der Waals surface area contributed by atoms with E-state index in [1.807, 2.05) is 32.9 Å². The van der Waals surface area contributed by atoms with Crippen molar-refractivity contribution in [2.45, 2.75) is 63.3 Å². The molecule has 1 N–H and O–H groups in total. The highest BCUT2D eigenvalue weighted by molar-refractivity contribution is 9.10. The largest absolute Gasteiger partial charge is 0.444 e. The van der Waals surface area contributed by atoms with Gasteiger partial charge in [0.25, 0.3) is 0 Å². The first kappa shape index (κ1) is 31.9. The van der Waals surface area contributed by atoms with Crippen LogP contribution in [0.25, 0.3) is 0 Å². The van der Waals surface area contributed by atoms with Crippen LogP contribution in [-0.4, -0.2) is 57.0 Å². The number of hydrogen-bond donors (Lipinski definition) is 1. The van der Waals surface area contributed by atoms with Gasteiger partial charge in [0.2, 0.25) is 0 Å². The lowest BCUT2D eigenvalue weighted by atomic mass is 9.84. The zero-order valence-corrected chi connectivity index (χ0v) is 26.4. The van der Waals surface area contributed by atoms with Crippen LogP contribution >= 0.6 is 31.9 Å². The summed E-state index contributed by atoms with van der Waals surface area (Å²) in [6.45, 7) is 8.38. The Balaban J connectivity index is 0.000000230. The van der Waals surface area contributed by atoms with Gasteiger partial charge in [-0.25, -0.2) is 13.6 Å². The van der Waals surface area contributed by atoms with Gasteiger partial charge in [-0.1, -0.05) is 12.1 Å². The number of carbonyl (C=O) groups is 1. The van der Waals surface area contributed by atoms with Crippen LogP contribution < -0.4 is 5.32 Å². The molecule has 216 valence electrons. The Morgan fingerprint density at radius 2 is 1.28 bits per heavy atom. The molecule has 39 heavy (non-hydrogen) atoms. The van der Waals surface area contributed by atoms with E-state index >= 15 is 0 Å². The zero-order valence-electron chi connectivity index (χ0n) is 23.2. The van der Waals surface area contributed by atoms with Gasteiger partial charge in [0.05, 0.1) is 20.1 Å². The molecule has 2 heterocycles. The summed E-state index contributed by atoms with van der Waals surface area (Å²) in [4.78, 5) is 13.8. The molecule has 1 amide bonds. The fraction of sp³-hybridized carbons (Fsp3) is 0.552. The topological polar surface area (TPSA) is 60.0 Å². The number of carbonyl (C=O) groups excluding carboxylic acids is 1. The molecule has 4 rings (SSSR count). The predicted molar refractivity (Wildman–Crippen MR) is 155 cm³/mol. The Morgan fingerprint density at radius 3 is 1.67 bits per heavy atom. The minimum Gasteiger partial charge on any atom is -0.444 e. The number of amides is 1. The van der Waals surface area contributed by atoms with Crippen molar-refractivity contribution in [2.75, 3.05) is 40.4 Å². The predicted octanol–water partition coefficient (Wildman–Crippen LogP) is 7.27. The van der Waals surface area contributed by atoms with E-state index in [1.54, 1.807) is 37.3 Å². The maximum atomic E-state index is 13.8. The van der Waals surface area contributed by atoms with Gasteiger partial charge in [-0.15, -0.1) is 0 Å². The van der Waals surface area contributed by atoms with Gasteiger partial charge in [0, 0.05) is 27.3 Å². The fourth-order valence-electron chi connectivity index (χ4n) is 4.99. The molecule has 0 saturated carbocycles. The molecule has 10 heteroatoms. The van der Waals surface area contributed by atoms with Crippen LogP contribution in [0.1, 0.15) is 57.6 Å². The lowest BCUT2D eigenvalue weighted by Gasteiger charge is -2.41. The molecule has 0 atom stereocenters. The second-order valence-corrected chi connectivity index (χ2v) is 12.6. The molecule has 0 unspecified atom stereocenters. The fourth-order valence-corrected chi connectivity index (χ4v) is 5.48. The minimum atomic E-state index is -0.569. The highest BCUT2D eigenvalue weighted by Crippen LogP contribution is 2.38. The summed E-state index contributed by atoms with van der Waals surface area (Å²) in [6, 6.07) is 10.3. The Kier molecular flexibility index (Phi) is 11.0. The van der Waals surface area contributed by atoms with Crippen LogP contribution in [0.3, 0.4) is 0 Å². The van der Waals surface area contributed by atoms with Crippen LogP contribution in [0.15, 0.2) is 45.3 Å². The number of methoxy groups -OCH3 is 2. The van der Waals surface area contributed by atoms with Crippen molar-refractivity contribution in [3.63, 3.8) is 0 Å². The van der Waals surface area contributed by atoms with Crippen LogP contribution in [-0.2, 0) is 25.4 Å². The molecule has 2 aliphatic heterocycles. The minimum absolute atomic E-state index is 0.229. The molecule has 2 aliphatic rings. The van der Waals surface area contributed by atoms with Gasteiger partial charge in [-0.3, -0.25) is 0 Å². The summed E-state index contributed by atoms with van der Waals surface area (Å²) in [7, 11) is 3.33. The van der Waals surface area contributed by atoms with E-state index in [0.29, 0.717) is 34.9 Å². The molecule has 0 aliphatic carbocycles. The van der Waals surface area contributed by atoms with E-state index in [-0.39, 0.29) is 23.3 Å². The van der Waals surface area contributed by atoms with E-state index < -0.39 is 11.2 Å². The maximum absolute atomic E-state index is 13.8. The average Bonchev–Trinajstić information content (AvgIpc) is 2.91. The first-order chi connectivity index (χ1) is 18.3. The number of nitrogens with zero attached hydrogens (tertiary/aromatic N) is 1. The van der Waals surface area contributed by atoms with Crippen molar-refractivity contribution < 1.29 is 27.8 Å². The van der Waals surface area contributed by atoms with Crippen molar-refractivity contribution >= 4 is 38.0 Å². The monoisotopic (exact) mass is 674 g/mol. The highest BCUT2D eigenvalue weighted by atomic mass is 79.9. The number of piperidine rings is 2. The second kappa shape index (κ2) is 13.4. The maximum Gasteiger partial charge on any atom is 0.410 e.